The minimum Gasteiger partial charge on any atom is -0.356 e. The quantitative estimate of drug-likeness (QED) is 0.330. The van der Waals surface area contributed by atoms with Gasteiger partial charge in [0.1, 0.15) is 5.82 Å². The Morgan fingerprint density at radius 3 is 2.54 bits per heavy atom. The molecule has 26 heavy (non-hydrogen) atoms. The van der Waals surface area contributed by atoms with Crippen molar-refractivity contribution < 1.29 is 9.18 Å². The number of halogens is 3. The second-order valence-corrected chi connectivity index (χ2v) is 5.72. The van der Waals surface area contributed by atoms with E-state index in [1.54, 1.807) is 13.1 Å². The summed E-state index contributed by atoms with van der Waals surface area (Å²) in [6.07, 6.45) is 0.799. The van der Waals surface area contributed by atoms with Crippen LogP contribution in [0.5, 0.6) is 0 Å². The van der Waals surface area contributed by atoms with E-state index in [9.17, 15) is 9.18 Å². The van der Waals surface area contributed by atoms with Gasteiger partial charge in [0.2, 0.25) is 5.91 Å². The Labute approximate surface area is 174 Å². The molecule has 0 saturated carbocycles. The van der Waals surface area contributed by atoms with Crippen molar-refractivity contribution in [1.29, 1.82) is 0 Å². The lowest BCUT2D eigenvalue weighted by atomic mass is 10.1. The van der Waals surface area contributed by atoms with E-state index in [0.29, 0.717) is 23.2 Å². The van der Waals surface area contributed by atoms with Crippen LogP contribution >= 0.6 is 35.6 Å². The number of hydrogen-bond donors (Lipinski definition) is 3. The van der Waals surface area contributed by atoms with Crippen molar-refractivity contribution in [2.45, 2.75) is 6.42 Å². The van der Waals surface area contributed by atoms with Crippen molar-refractivity contribution >= 4 is 53.1 Å². The fraction of sp³-hybridized carbons (Fsp3) is 0.222. The van der Waals surface area contributed by atoms with E-state index in [1.807, 2.05) is 24.3 Å². The van der Waals surface area contributed by atoms with Crippen molar-refractivity contribution in [2.24, 2.45) is 4.99 Å². The number of carbonyl (C=O) groups excluding carboxylic acids is 1. The van der Waals surface area contributed by atoms with Crippen LogP contribution in [0.4, 0.5) is 10.1 Å². The van der Waals surface area contributed by atoms with Gasteiger partial charge >= 0.3 is 0 Å². The summed E-state index contributed by atoms with van der Waals surface area (Å²) in [4.78, 5) is 15.9. The molecule has 0 aromatic heterocycles. The average molecular weight is 491 g/mol. The minimum absolute atomic E-state index is 0. The molecule has 0 fully saturated rings. The first-order chi connectivity index (χ1) is 12.1. The molecule has 0 aliphatic carbocycles. The molecule has 0 unspecified atom stereocenters. The predicted octanol–water partition coefficient (Wildman–Crippen LogP) is 3.44. The lowest BCUT2D eigenvalue weighted by Gasteiger charge is -2.12. The molecule has 0 spiro atoms. The molecule has 0 radical (unpaired) electrons. The third-order valence-corrected chi connectivity index (χ3v) is 3.62. The first kappa shape index (κ1) is 22.2. The lowest BCUT2D eigenvalue weighted by Crippen LogP contribution is -2.42. The highest BCUT2D eigenvalue weighted by Gasteiger charge is 2.05. The fourth-order valence-electron chi connectivity index (χ4n) is 2.13. The number of nitrogens with zero attached hydrogens (tertiary/aromatic N) is 1. The number of guanidine groups is 1. The highest BCUT2D eigenvalue weighted by molar-refractivity contribution is 14.0. The van der Waals surface area contributed by atoms with Crippen molar-refractivity contribution in [3.8, 4) is 0 Å². The highest BCUT2D eigenvalue weighted by Crippen LogP contribution is 2.09. The van der Waals surface area contributed by atoms with Gasteiger partial charge in [-0.1, -0.05) is 29.8 Å². The average Bonchev–Trinajstić information content (AvgIpc) is 2.59. The molecule has 1 amide bonds. The van der Waals surface area contributed by atoms with Crippen LogP contribution in [0.2, 0.25) is 5.02 Å². The van der Waals surface area contributed by atoms with E-state index < -0.39 is 5.82 Å². The molecule has 0 heterocycles. The molecule has 2 aromatic rings. The smallest absolute Gasteiger partial charge is 0.243 e. The second kappa shape index (κ2) is 11.7. The van der Waals surface area contributed by atoms with E-state index in [-0.39, 0.29) is 36.4 Å². The summed E-state index contributed by atoms with van der Waals surface area (Å²) in [6.45, 7) is 0.684. The van der Waals surface area contributed by atoms with Gasteiger partial charge in [0.25, 0.3) is 0 Å². The number of carbonyl (C=O) groups is 1. The Hall–Kier alpha value is -1.87. The Morgan fingerprint density at radius 1 is 1.15 bits per heavy atom. The lowest BCUT2D eigenvalue weighted by molar-refractivity contribution is -0.115. The number of hydrogen-bond acceptors (Lipinski definition) is 2. The molecule has 0 bridgehead atoms. The van der Waals surface area contributed by atoms with E-state index >= 15 is 0 Å². The standard InChI is InChI=1S/C18H20ClFN4O.HI/c1-21-18(22-10-9-13-5-7-14(19)8-6-13)23-12-17(25)24-16-4-2-3-15(20)11-16;/h2-8,11H,9-10,12H2,1H3,(H,24,25)(H2,21,22,23);1H. The Morgan fingerprint density at radius 2 is 1.88 bits per heavy atom. The summed E-state index contributed by atoms with van der Waals surface area (Å²) in [5.41, 5.74) is 1.56. The fourth-order valence-corrected chi connectivity index (χ4v) is 2.26. The van der Waals surface area contributed by atoms with E-state index in [1.165, 1.54) is 18.2 Å². The molecule has 0 aliphatic heterocycles. The van der Waals surface area contributed by atoms with Gasteiger partial charge in [-0.15, -0.1) is 24.0 Å². The monoisotopic (exact) mass is 490 g/mol. The molecule has 8 heteroatoms. The van der Waals surface area contributed by atoms with Gasteiger partial charge in [-0.2, -0.15) is 0 Å². The molecule has 2 aromatic carbocycles. The number of benzene rings is 2. The molecule has 0 aliphatic rings. The first-order valence-corrected chi connectivity index (χ1v) is 8.19. The summed E-state index contributed by atoms with van der Waals surface area (Å²) in [5, 5.41) is 9.36. The Kier molecular flexibility index (Phi) is 9.97. The van der Waals surface area contributed by atoms with Crippen LogP contribution in [0.25, 0.3) is 0 Å². The third kappa shape index (κ3) is 8.01. The van der Waals surface area contributed by atoms with Gasteiger partial charge < -0.3 is 16.0 Å². The van der Waals surface area contributed by atoms with E-state index in [2.05, 4.69) is 20.9 Å². The largest absolute Gasteiger partial charge is 0.356 e. The van der Waals surface area contributed by atoms with Gasteiger partial charge in [-0.25, -0.2) is 4.39 Å². The number of nitrogens with one attached hydrogen (secondary N) is 3. The maximum absolute atomic E-state index is 13.1. The Bertz CT molecular complexity index is 740. The van der Waals surface area contributed by atoms with Gasteiger partial charge in [0.05, 0.1) is 6.54 Å². The molecule has 3 N–H and O–H groups in total. The highest BCUT2D eigenvalue weighted by atomic mass is 127. The zero-order valence-corrected chi connectivity index (χ0v) is 17.3. The van der Waals surface area contributed by atoms with Crippen LogP contribution in [0.1, 0.15) is 5.56 Å². The topological polar surface area (TPSA) is 65.5 Å². The normalized spacial score (nSPS) is 10.7. The summed E-state index contributed by atoms with van der Waals surface area (Å²) >= 11 is 5.85. The zero-order chi connectivity index (χ0) is 18.1. The molecule has 0 saturated heterocycles. The SMILES string of the molecule is CN=C(NCCc1ccc(Cl)cc1)NCC(=O)Nc1cccc(F)c1.I. The first-order valence-electron chi connectivity index (χ1n) is 7.81. The van der Waals surface area contributed by atoms with Crippen molar-refractivity contribution in [3.63, 3.8) is 0 Å². The van der Waals surface area contributed by atoms with Crippen LogP contribution < -0.4 is 16.0 Å². The molecular weight excluding hydrogens is 470 g/mol. The summed E-state index contributed by atoms with van der Waals surface area (Å²) in [5.74, 6) is -0.167. The summed E-state index contributed by atoms with van der Waals surface area (Å²) < 4.78 is 13.1. The maximum Gasteiger partial charge on any atom is 0.243 e. The summed E-state index contributed by atoms with van der Waals surface area (Å²) in [6, 6.07) is 13.4. The van der Waals surface area contributed by atoms with Crippen molar-refractivity contribution in [2.75, 3.05) is 25.5 Å². The maximum atomic E-state index is 13.1. The van der Waals surface area contributed by atoms with E-state index in [0.717, 1.165) is 12.0 Å². The minimum atomic E-state index is -0.398. The number of aliphatic imine (C=N–C) groups is 1. The zero-order valence-electron chi connectivity index (χ0n) is 14.3. The molecule has 5 nitrogen and oxygen atoms in total. The molecule has 2 rings (SSSR count). The number of rotatable bonds is 6. The van der Waals surface area contributed by atoms with Gasteiger partial charge in [-0.05, 0) is 42.3 Å². The van der Waals surface area contributed by atoms with E-state index in [4.69, 9.17) is 11.6 Å². The summed E-state index contributed by atoms with van der Waals surface area (Å²) in [7, 11) is 1.63. The third-order valence-electron chi connectivity index (χ3n) is 3.37. The van der Waals surface area contributed by atoms with Crippen molar-refractivity contribution in [1.82, 2.24) is 10.6 Å². The van der Waals surface area contributed by atoms with Crippen LogP contribution in [-0.4, -0.2) is 32.0 Å². The van der Waals surface area contributed by atoms with Crippen molar-refractivity contribution in [3.05, 3.63) is 64.9 Å². The predicted molar refractivity (Wildman–Crippen MR) is 115 cm³/mol. The van der Waals surface area contributed by atoms with Gasteiger partial charge in [-0.3, -0.25) is 9.79 Å². The van der Waals surface area contributed by atoms with Gasteiger partial charge in [0, 0.05) is 24.3 Å². The second-order valence-electron chi connectivity index (χ2n) is 5.29. The van der Waals surface area contributed by atoms with Crippen LogP contribution in [0.15, 0.2) is 53.5 Å². The Balaban J connectivity index is 0.00000338. The molecular formula is C18H21ClFIN4O. The van der Waals surface area contributed by atoms with Crippen LogP contribution in [0.3, 0.4) is 0 Å². The number of anilines is 1. The number of amides is 1. The molecule has 0 atom stereocenters. The van der Waals surface area contributed by atoms with Gasteiger partial charge in [0.15, 0.2) is 5.96 Å². The van der Waals surface area contributed by atoms with Crippen LogP contribution in [0, 0.1) is 5.82 Å². The van der Waals surface area contributed by atoms with Crippen LogP contribution in [-0.2, 0) is 11.2 Å². The molecule has 140 valence electrons.